The van der Waals surface area contributed by atoms with Crippen molar-refractivity contribution in [2.24, 2.45) is 5.92 Å². The maximum Gasteiger partial charge on any atom is 0.210 e. The third-order valence-electron chi connectivity index (χ3n) is 9.27. The Bertz CT molecular complexity index is 1510. The second-order valence-electron chi connectivity index (χ2n) is 12.0. The van der Waals surface area contributed by atoms with E-state index in [4.69, 9.17) is 4.74 Å². The van der Waals surface area contributed by atoms with E-state index >= 15 is 0 Å². The number of nitrogens with zero attached hydrogens (tertiary/aromatic N) is 1. The smallest absolute Gasteiger partial charge is 0.210 e. The summed E-state index contributed by atoms with van der Waals surface area (Å²) in [4.78, 5) is 0. The molecular weight excluding hydrogens is 486 g/mol. The standard InChI is InChI=1S/C38H42NO/c1-38(28-31-15-4-3-5-16-31)36(26-21-30-19-23-33(40-2)24-20-30)39(27-11-10-14-29-12-6-7-13-29)35-25-22-32-17-8-9-18-34(32)37(35)38/h3-5,8-9,15-26,29H,6-7,10-14,27-28H2,1-2H3/q+1. The minimum absolute atomic E-state index is 0.147. The van der Waals surface area contributed by atoms with Gasteiger partial charge in [-0.2, -0.15) is 4.58 Å². The average molecular weight is 529 g/mol. The van der Waals surface area contributed by atoms with Gasteiger partial charge in [-0.15, -0.1) is 0 Å². The molecule has 0 saturated heterocycles. The van der Waals surface area contributed by atoms with Crippen LogP contribution in [0, 0.1) is 5.92 Å². The van der Waals surface area contributed by atoms with Crippen LogP contribution in [0.1, 0.15) is 68.6 Å². The Labute approximate surface area is 240 Å². The average Bonchev–Trinajstić information content (AvgIpc) is 3.59. The Morgan fingerprint density at radius 2 is 1.57 bits per heavy atom. The van der Waals surface area contributed by atoms with Crippen LogP contribution >= 0.6 is 0 Å². The second-order valence-corrected chi connectivity index (χ2v) is 12.0. The van der Waals surface area contributed by atoms with Crippen molar-refractivity contribution in [3.63, 3.8) is 0 Å². The van der Waals surface area contributed by atoms with Crippen LogP contribution < -0.4 is 4.74 Å². The number of unbranched alkanes of at least 4 members (excludes halogenated alkanes) is 1. The molecule has 1 aliphatic carbocycles. The molecule has 0 N–H and O–H groups in total. The van der Waals surface area contributed by atoms with Crippen molar-refractivity contribution in [1.82, 2.24) is 0 Å². The lowest BCUT2D eigenvalue weighted by molar-refractivity contribution is -0.438. The highest BCUT2D eigenvalue weighted by molar-refractivity contribution is 6.09. The molecule has 1 atom stereocenters. The first-order valence-electron chi connectivity index (χ1n) is 15.2. The minimum Gasteiger partial charge on any atom is -0.497 e. The quantitative estimate of drug-likeness (QED) is 0.147. The summed E-state index contributed by atoms with van der Waals surface area (Å²) < 4.78 is 8.05. The summed E-state index contributed by atoms with van der Waals surface area (Å²) in [6.45, 7) is 3.53. The van der Waals surface area contributed by atoms with Crippen molar-refractivity contribution in [2.75, 3.05) is 13.7 Å². The number of methoxy groups -OCH3 is 1. The molecule has 1 heterocycles. The van der Waals surface area contributed by atoms with E-state index in [2.05, 4.69) is 103 Å². The fourth-order valence-corrected chi connectivity index (χ4v) is 7.21. The van der Waals surface area contributed by atoms with Crippen molar-refractivity contribution in [1.29, 1.82) is 0 Å². The fourth-order valence-electron chi connectivity index (χ4n) is 7.21. The summed E-state index contributed by atoms with van der Waals surface area (Å²) in [5.41, 5.74) is 6.68. The molecule has 204 valence electrons. The van der Waals surface area contributed by atoms with E-state index in [9.17, 15) is 0 Å². The first-order chi connectivity index (χ1) is 19.7. The van der Waals surface area contributed by atoms with Crippen LogP contribution in [0.25, 0.3) is 16.8 Å². The van der Waals surface area contributed by atoms with E-state index in [1.165, 1.54) is 83.8 Å². The number of ether oxygens (including phenoxy) is 1. The number of hydrogen-bond acceptors (Lipinski definition) is 1. The van der Waals surface area contributed by atoms with Gasteiger partial charge in [-0.3, -0.25) is 0 Å². The second kappa shape index (κ2) is 11.8. The molecule has 40 heavy (non-hydrogen) atoms. The number of rotatable bonds is 10. The maximum absolute atomic E-state index is 5.40. The van der Waals surface area contributed by atoms with Crippen LogP contribution in [-0.4, -0.2) is 23.9 Å². The Morgan fingerprint density at radius 1 is 0.825 bits per heavy atom. The Balaban J connectivity index is 1.43. The number of allylic oxidation sites excluding steroid dienone is 1. The highest BCUT2D eigenvalue weighted by Crippen LogP contribution is 2.46. The fraction of sp³-hybridized carbons (Fsp3) is 0.342. The Morgan fingerprint density at radius 3 is 2.35 bits per heavy atom. The highest BCUT2D eigenvalue weighted by Gasteiger charge is 2.48. The first-order valence-corrected chi connectivity index (χ1v) is 15.2. The molecule has 0 radical (unpaired) electrons. The molecule has 1 unspecified atom stereocenters. The Kier molecular flexibility index (Phi) is 7.86. The molecule has 6 rings (SSSR count). The van der Waals surface area contributed by atoms with Crippen molar-refractivity contribution in [3.05, 3.63) is 114 Å². The van der Waals surface area contributed by atoms with E-state index in [0.29, 0.717) is 0 Å². The van der Waals surface area contributed by atoms with Crippen molar-refractivity contribution in [3.8, 4) is 5.75 Å². The summed E-state index contributed by atoms with van der Waals surface area (Å²) in [6, 6.07) is 33.1. The summed E-state index contributed by atoms with van der Waals surface area (Å²) >= 11 is 0. The molecule has 1 fully saturated rings. The molecule has 2 heteroatoms. The molecule has 2 aliphatic rings. The zero-order chi connectivity index (χ0) is 27.4. The minimum atomic E-state index is -0.147. The zero-order valence-corrected chi connectivity index (χ0v) is 24.1. The lowest BCUT2D eigenvalue weighted by Gasteiger charge is -2.24. The van der Waals surface area contributed by atoms with Crippen LogP contribution in [0.2, 0.25) is 0 Å². The van der Waals surface area contributed by atoms with Crippen molar-refractivity contribution in [2.45, 2.75) is 63.7 Å². The van der Waals surface area contributed by atoms with Crippen LogP contribution in [0.15, 0.2) is 97.1 Å². The highest BCUT2D eigenvalue weighted by atomic mass is 16.5. The van der Waals surface area contributed by atoms with Gasteiger partial charge in [0.2, 0.25) is 5.69 Å². The number of benzene rings is 4. The predicted molar refractivity (Wildman–Crippen MR) is 169 cm³/mol. The van der Waals surface area contributed by atoms with Gasteiger partial charge >= 0.3 is 0 Å². The van der Waals surface area contributed by atoms with E-state index in [1.807, 2.05) is 12.1 Å². The molecule has 0 spiro atoms. The third kappa shape index (κ3) is 5.37. The van der Waals surface area contributed by atoms with Crippen LogP contribution in [0.4, 0.5) is 5.69 Å². The largest absolute Gasteiger partial charge is 0.497 e. The predicted octanol–water partition coefficient (Wildman–Crippen LogP) is 9.52. The summed E-state index contributed by atoms with van der Waals surface area (Å²) in [5, 5.41) is 2.70. The zero-order valence-electron chi connectivity index (χ0n) is 24.1. The molecule has 1 aliphatic heterocycles. The third-order valence-corrected chi connectivity index (χ3v) is 9.27. The molecule has 4 aromatic carbocycles. The van der Waals surface area contributed by atoms with Crippen molar-refractivity contribution < 1.29 is 9.31 Å². The summed E-state index contributed by atoms with van der Waals surface area (Å²) in [7, 11) is 1.72. The van der Waals surface area contributed by atoms with E-state index in [-0.39, 0.29) is 5.41 Å². The first kappa shape index (κ1) is 26.6. The van der Waals surface area contributed by atoms with Gasteiger partial charge in [0, 0.05) is 24.1 Å². The van der Waals surface area contributed by atoms with Crippen LogP contribution in [0.5, 0.6) is 5.75 Å². The van der Waals surface area contributed by atoms with Gasteiger partial charge in [-0.05, 0) is 71.9 Å². The molecule has 0 amide bonds. The topological polar surface area (TPSA) is 12.2 Å². The number of hydrogen-bond donors (Lipinski definition) is 0. The lowest BCUT2D eigenvalue weighted by Crippen LogP contribution is -2.34. The van der Waals surface area contributed by atoms with E-state index < -0.39 is 0 Å². The van der Waals surface area contributed by atoms with Gasteiger partial charge < -0.3 is 4.74 Å². The maximum atomic E-state index is 5.40. The SMILES string of the molecule is COc1ccc(C=CC2=[N+](CCCCC3CCCC3)c3ccc4ccccc4c3C2(C)Cc2ccccc2)cc1. The van der Waals surface area contributed by atoms with Gasteiger partial charge in [0.1, 0.15) is 12.3 Å². The number of fused-ring (bicyclic) bond motifs is 3. The monoisotopic (exact) mass is 528 g/mol. The molecule has 4 aromatic rings. The molecule has 1 saturated carbocycles. The van der Waals surface area contributed by atoms with Crippen LogP contribution in [0.3, 0.4) is 0 Å². The molecular formula is C38H42NO+. The molecule has 0 bridgehead atoms. The Hall–Kier alpha value is -3.65. The van der Waals surface area contributed by atoms with Gasteiger partial charge in [0.15, 0.2) is 5.71 Å². The van der Waals surface area contributed by atoms with Gasteiger partial charge in [0.25, 0.3) is 0 Å². The normalized spacial score (nSPS) is 19.1. The van der Waals surface area contributed by atoms with Gasteiger partial charge in [-0.1, -0.05) is 98.8 Å². The van der Waals surface area contributed by atoms with Crippen molar-refractivity contribution >= 4 is 28.2 Å². The molecule has 2 nitrogen and oxygen atoms in total. The van der Waals surface area contributed by atoms with E-state index in [1.54, 1.807) is 7.11 Å². The summed E-state index contributed by atoms with van der Waals surface area (Å²) in [6.07, 6.45) is 15.3. The summed E-state index contributed by atoms with van der Waals surface area (Å²) in [5.74, 6) is 1.85. The van der Waals surface area contributed by atoms with Gasteiger partial charge in [0.05, 0.1) is 12.5 Å². The lowest BCUT2D eigenvalue weighted by atomic mass is 9.73. The van der Waals surface area contributed by atoms with Crippen LogP contribution in [-0.2, 0) is 11.8 Å². The molecule has 0 aromatic heterocycles. The van der Waals surface area contributed by atoms with E-state index in [0.717, 1.165) is 24.6 Å². The van der Waals surface area contributed by atoms with Gasteiger partial charge in [-0.25, -0.2) is 0 Å².